The monoisotopic (exact) mass is 743 g/mol. The predicted molar refractivity (Wildman–Crippen MR) is 242 cm³/mol. The molecule has 2 heterocycles. The standard InChI is InChI=1S/C55H37NO2/c1-55(2)45-20-10-8-18-41(45)42-28-27-39(33-46(42)55)56(47-21-12-16-37-15-6-7-17-40(37)47)48-32-38(36-25-23-35(24-26-36)34-13-4-3-5-14-34)31-44-53-51(58-54(44)48)30-29-50-52(53)43-19-9-11-22-49(43)57-50/h3-33H,1-2H3. The molecule has 1 aliphatic rings. The molecule has 0 amide bonds. The molecule has 1 aliphatic carbocycles. The van der Waals surface area contributed by atoms with E-state index in [1.54, 1.807) is 0 Å². The lowest BCUT2D eigenvalue weighted by Crippen LogP contribution is -2.16. The van der Waals surface area contributed by atoms with Crippen LogP contribution in [0.5, 0.6) is 0 Å². The molecule has 2 aromatic heterocycles. The number of rotatable bonds is 5. The lowest BCUT2D eigenvalue weighted by atomic mass is 9.82. The van der Waals surface area contributed by atoms with Crippen LogP contribution in [0.3, 0.4) is 0 Å². The van der Waals surface area contributed by atoms with Gasteiger partial charge in [0.25, 0.3) is 0 Å². The van der Waals surface area contributed by atoms with Gasteiger partial charge in [-0.1, -0.05) is 153 Å². The Morgan fingerprint density at radius 1 is 0.397 bits per heavy atom. The molecule has 0 radical (unpaired) electrons. The van der Waals surface area contributed by atoms with Gasteiger partial charge in [-0.05, 0) is 98.4 Å². The largest absolute Gasteiger partial charge is 0.456 e. The second-order valence-corrected chi connectivity index (χ2v) is 16.1. The van der Waals surface area contributed by atoms with Crippen molar-refractivity contribution >= 4 is 71.7 Å². The summed E-state index contributed by atoms with van der Waals surface area (Å²) in [5.74, 6) is 0. The van der Waals surface area contributed by atoms with E-state index in [4.69, 9.17) is 8.83 Å². The van der Waals surface area contributed by atoms with Crippen LogP contribution in [0.2, 0.25) is 0 Å². The molecule has 9 aromatic carbocycles. The third kappa shape index (κ3) is 4.80. The number of anilines is 3. The first-order chi connectivity index (χ1) is 28.5. The van der Waals surface area contributed by atoms with Gasteiger partial charge in [0.1, 0.15) is 16.7 Å². The molecular weight excluding hydrogens is 707 g/mol. The maximum atomic E-state index is 7.11. The van der Waals surface area contributed by atoms with Crippen molar-refractivity contribution in [2.75, 3.05) is 4.90 Å². The van der Waals surface area contributed by atoms with Gasteiger partial charge in [0.15, 0.2) is 5.58 Å². The fourth-order valence-electron chi connectivity index (χ4n) is 9.63. The summed E-state index contributed by atoms with van der Waals surface area (Å²) in [5, 5.41) is 6.60. The topological polar surface area (TPSA) is 29.5 Å². The Labute approximate surface area is 336 Å². The molecule has 0 atom stereocenters. The van der Waals surface area contributed by atoms with Gasteiger partial charge in [0.2, 0.25) is 0 Å². The number of fused-ring (bicyclic) bond motifs is 11. The van der Waals surface area contributed by atoms with Crippen molar-refractivity contribution in [3.8, 4) is 33.4 Å². The van der Waals surface area contributed by atoms with Gasteiger partial charge in [-0.3, -0.25) is 0 Å². The van der Waals surface area contributed by atoms with E-state index in [1.807, 2.05) is 18.2 Å². The molecule has 0 saturated carbocycles. The lowest BCUT2D eigenvalue weighted by molar-refractivity contribution is 0.660. The van der Waals surface area contributed by atoms with Crippen LogP contribution in [-0.2, 0) is 5.41 Å². The quantitative estimate of drug-likeness (QED) is 0.176. The van der Waals surface area contributed by atoms with Crippen molar-refractivity contribution < 1.29 is 8.83 Å². The first-order valence-electron chi connectivity index (χ1n) is 20.0. The van der Waals surface area contributed by atoms with Crippen LogP contribution in [0.25, 0.3) is 88.0 Å². The summed E-state index contributed by atoms with van der Waals surface area (Å²) in [4.78, 5) is 2.43. The Morgan fingerprint density at radius 3 is 1.88 bits per heavy atom. The highest BCUT2D eigenvalue weighted by atomic mass is 16.3. The van der Waals surface area contributed by atoms with E-state index in [2.05, 4.69) is 189 Å². The molecule has 12 rings (SSSR count). The molecule has 58 heavy (non-hydrogen) atoms. The average molecular weight is 744 g/mol. The summed E-state index contributed by atoms with van der Waals surface area (Å²) in [6.07, 6.45) is 0. The first-order valence-corrected chi connectivity index (χ1v) is 20.0. The summed E-state index contributed by atoms with van der Waals surface area (Å²) in [5.41, 5.74) is 16.2. The molecule has 11 aromatic rings. The third-order valence-electron chi connectivity index (χ3n) is 12.5. The third-order valence-corrected chi connectivity index (χ3v) is 12.5. The molecule has 0 N–H and O–H groups in total. The lowest BCUT2D eigenvalue weighted by Gasteiger charge is -2.29. The van der Waals surface area contributed by atoms with E-state index < -0.39 is 0 Å². The Balaban J connectivity index is 1.18. The van der Waals surface area contributed by atoms with Gasteiger partial charge in [-0.15, -0.1) is 0 Å². The number of para-hydroxylation sites is 1. The molecule has 3 heteroatoms. The molecular formula is C55H37NO2. The molecule has 0 unspecified atom stereocenters. The highest BCUT2D eigenvalue weighted by Crippen LogP contribution is 2.53. The first kappa shape index (κ1) is 32.8. The fourth-order valence-corrected chi connectivity index (χ4v) is 9.63. The molecule has 0 spiro atoms. The molecule has 0 saturated heterocycles. The van der Waals surface area contributed by atoms with Crippen molar-refractivity contribution in [3.05, 3.63) is 199 Å². The second kappa shape index (κ2) is 12.3. The molecule has 0 bridgehead atoms. The fraction of sp³-hybridized carbons (Fsp3) is 0.0545. The Hall–Kier alpha value is -7.36. The molecule has 3 nitrogen and oxygen atoms in total. The Kier molecular flexibility index (Phi) is 6.98. The summed E-state index contributed by atoms with van der Waals surface area (Å²) in [7, 11) is 0. The van der Waals surface area contributed by atoms with Crippen LogP contribution >= 0.6 is 0 Å². The second-order valence-electron chi connectivity index (χ2n) is 16.1. The van der Waals surface area contributed by atoms with Gasteiger partial charge in [0, 0.05) is 38.0 Å². The highest BCUT2D eigenvalue weighted by Gasteiger charge is 2.36. The number of hydrogen-bond acceptors (Lipinski definition) is 3. The van der Waals surface area contributed by atoms with Gasteiger partial charge < -0.3 is 13.7 Å². The number of hydrogen-bond donors (Lipinski definition) is 0. The SMILES string of the molecule is CC1(C)c2ccccc2-c2ccc(N(c3cccc4ccccc34)c3cc(-c4ccc(-c5ccccc5)cc4)cc4c3oc3ccc5oc6ccccc6c5c34)cc21. The van der Waals surface area contributed by atoms with E-state index in [1.165, 1.54) is 38.8 Å². The number of benzene rings is 9. The minimum atomic E-state index is -0.169. The maximum absolute atomic E-state index is 7.11. The highest BCUT2D eigenvalue weighted by molar-refractivity contribution is 6.27. The predicted octanol–water partition coefficient (Wildman–Crippen LogP) is 15.7. The van der Waals surface area contributed by atoms with Crippen LogP contribution in [-0.4, -0.2) is 0 Å². The minimum absolute atomic E-state index is 0.169. The normalized spacial score (nSPS) is 13.1. The van der Waals surface area contributed by atoms with Gasteiger partial charge in [-0.2, -0.15) is 0 Å². The van der Waals surface area contributed by atoms with Crippen molar-refractivity contribution in [2.45, 2.75) is 19.3 Å². The molecule has 0 aliphatic heterocycles. The zero-order valence-corrected chi connectivity index (χ0v) is 32.2. The summed E-state index contributed by atoms with van der Waals surface area (Å²) >= 11 is 0. The van der Waals surface area contributed by atoms with Crippen LogP contribution < -0.4 is 4.90 Å². The van der Waals surface area contributed by atoms with Gasteiger partial charge in [0.05, 0.1) is 11.4 Å². The van der Waals surface area contributed by atoms with Crippen LogP contribution in [0.1, 0.15) is 25.0 Å². The van der Waals surface area contributed by atoms with Crippen molar-refractivity contribution in [2.24, 2.45) is 0 Å². The zero-order valence-electron chi connectivity index (χ0n) is 32.2. The van der Waals surface area contributed by atoms with E-state index in [0.29, 0.717) is 0 Å². The van der Waals surface area contributed by atoms with E-state index in [-0.39, 0.29) is 5.41 Å². The Morgan fingerprint density at radius 2 is 1.03 bits per heavy atom. The van der Waals surface area contributed by atoms with E-state index in [9.17, 15) is 0 Å². The van der Waals surface area contributed by atoms with Gasteiger partial charge in [-0.25, -0.2) is 0 Å². The van der Waals surface area contributed by atoms with E-state index >= 15 is 0 Å². The smallest absolute Gasteiger partial charge is 0.159 e. The van der Waals surface area contributed by atoms with Crippen molar-refractivity contribution in [1.82, 2.24) is 0 Å². The van der Waals surface area contributed by atoms with Gasteiger partial charge >= 0.3 is 0 Å². The van der Waals surface area contributed by atoms with Crippen molar-refractivity contribution in [1.29, 1.82) is 0 Å². The summed E-state index contributed by atoms with van der Waals surface area (Å²) < 4.78 is 13.6. The van der Waals surface area contributed by atoms with Crippen LogP contribution in [0.4, 0.5) is 17.1 Å². The van der Waals surface area contributed by atoms with Crippen molar-refractivity contribution in [3.63, 3.8) is 0 Å². The number of furan rings is 2. The summed E-state index contributed by atoms with van der Waals surface area (Å²) in [6.45, 7) is 4.70. The minimum Gasteiger partial charge on any atom is -0.456 e. The summed E-state index contributed by atoms with van der Waals surface area (Å²) in [6, 6.07) is 67.7. The number of nitrogens with zero attached hydrogens (tertiary/aromatic N) is 1. The maximum Gasteiger partial charge on any atom is 0.159 e. The van der Waals surface area contributed by atoms with Crippen LogP contribution in [0, 0.1) is 0 Å². The van der Waals surface area contributed by atoms with E-state index in [0.717, 1.165) is 77.5 Å². The zero-order chi connectivity index (χ0) is 38.5. The molecule has 0 fully saturated rings. The average Bonchev–Trinajstić information content (AvgIpc) is 3.92. The molecule has 274 valence electrons. The van der Waals surface area contributed by atoms with Crippen LogP contribution in [0.15, 0.2) is 197 Å². The Bertz CT molecular complexity index is 3420.